The first kappa shape index (κ1) is 13.1. The van der Waals surface area contributed by atoms with Crippen molar-refractivity contribution in [3.8, 4) is 0 Å². The normalized spacial score (nSPS) is 16.8. The van der Waals surface area contributed by atoms with Gasteiger partial charge in [-0.05, 0) is 25.3 Å². The molecule has 18 heavy (non-hydrogen) atoms. The predicted molar refractivity (Wildman–Crippen MR) is 71.5 cm³/mol. The molecule has 0 aromatic carbocycles. The summed E-state index contributed by atoms with van der Waals surface area (Å²) in [6.45, 7) is 2.12. The van der Waals surface area contributed by atoms with Gasteiger partial charge in [0, 0.05) is 18.8 Å². The molecule has 0 bridgehead atoms. The van der Waals surface area contributed by atoms with Crippen LogP contribution in [0.1, 0.15) is 61.6 Å². The molecule has 4 heteroatoms. The van der Waals surface area contributed by atoms with Crippen LogP contribution in [-0.2, 0) is 6.42 Å². The van der Waals surface area contributed by atoms with Crippen LogP contribution >= 0.6 is 0 Å². The van der Waals surface area contributed by atoms with Gasteiger partial charge in [-0.25, -0.2) is 0 Å². The van der Waals surface area contributed by atoms with E-state index >= 15 is 0 Å². The maximum Gasteiger partial charge on any atom is 0.274 e. The molecule has 0 spiro atoms. The lowest BCUT2D eigenvalue weighted by atomic mass is 9.94. The Balaban J connectivity index is 2.00. The minimum absolute atomic E-state index is 0.0560. The molecule has 4 nitrogen and oxygen atoms in total. The molecule has 1 aliphatic rings. The molecule has 2 rings (SSSR count). The average molecular weight is 249 g/mol. The molecule has 1 aromatic rings. The van der Waals surface area contributed by atoms with Crippen LogP contribution in [0.15, 0.2) is 6.07 Å². The summed E-state index contributed by atoms with van der Waals surface area (Å²) in [4.78, 5) is 14.2. The second-order valence-electron chi connectivity index (χ2n) is 5.24. The van der Waals surface area contributed by atoms with Gasteiger partial charge in [0.05, 0.1) is 0 Å². The third kappa shape index (κ3) is 2.92. The van der Waals surface area contributed by atoms with Gasteiger partial charge in [0.2, 0.25) is 0 Å². The minimum Gasteiger partial charge on any atom is -0.337 e. The molecule has 0 atom stereocenters. The van der Waals surface area contributed by atoms with Crippen molar-refractivity contribution in [1.82, 2.24) is 15.1 Å². The summed E-state index contributed by atoms with van der Waals surface area (Å²) in [6.07, 6.45) is 8.07. The zero-order chi connectivity index (χ0) is 13.0. The Labute approximate surface area is 109 Å². The van der Waals surface area contributed by atoms with E-state index in [2.05, 4.69) is 17.1 Å². The van der Waals surface area contributed by atoms with Crippen molar-refractivity contribution in [3.05, 3.63) is 17.5 Å². The number of aromatic amines is 1. The molecule has 0 unspecified atom stereocenters. The van der Waals surface area contributed by atoms with Crippen LogP contribution in [0.5, 0.6) is 0 Å². The molecule has 1 N–H and O–H groups in total. The van der Waals surface area contributed by atoms with Crippen molar-refractivity contribution in [3.63, 3.8) is 0 Å². The molecule has 1 aromatic heterocycles. The standard InChI is InChI=1S/C14H23N3O/c1-3-7-11-10-13(16-15-11)14(18)17(2)12-8-5-4-6-9-12/h10,12H,3-9H2,1-2H3,(H,15,16). The summed E-state index contributed by atoms with van der Waals surface area (Å²) in [6, 6.07) is 2.29. The number of carbonyl (C=O) groups is 1. The number of aryl methyl sites for hydroxylation is 1. The highest BCUT2D eigenvalue weighted by Gasteiger charge is 2.24. The number of rotatable bonds is 4. The highest BCUT2D eigenvalue weighted by atomic mass is 16.2. The zero-order valence-electron chi connectivity index (χ0n) is 11.4. The maximum absolute atomic E-state index is 12.3. The lowest BCUT2D eigenvalue weighted by Crippen LogP contribution is -2.38. The average Bonchev–Trinajstić information content (AvgIpc) is 2.87. The van der Waals surface area contributed by atoms with Crippen molar-refractivity contribution < 1.29 is 4.79 Å². The summed E-state index contributed by atoms with van der Waals surface area (Å²) in [5.74, 6) is 0.0560. The Kier molecular flexibility index (Phi) is 4.39. The lowest BCUT2D eigenvalue weighted by molar-refractivity contribution is 0.0690. The second kappa shape index (κ2) is 6.03. The fraction of sp³-hybridized carbons (Fsp3) is 0.714. The monoisotopic (exact) mass is 249 g/mol. The van der Waals surface area contributed by atoms with E-state index in [0.29, 0.717) is 11.7 Å². The summed E-state index contributed by atoms with van der Waals surface area (Å²) in [7, 11) is 1.91. The lowest BCUT2D eigenvalue weighted by Gasteiger charge is -2.30. The molecule has 1 aliphatic carbocycles. The third-order valence-corrected chi connectivity index (χ3v) is 3.81. The largest absolute Gasteiger partial charge is 0.337 e. The maximum atomic E-state index is 12.3. The molecule has 1 saturated carbocycles. The Bertz CT molecular complexity index is 393. The van der Waals surface area contributed by atoms with Crippen LogP contribution in [-0.4, -0.2) is 34.1 Å². The molecular formula is C14H23N3O. The van der Waals surface area contributed by atoms with Crippen LogP contribution in [0, 0.1) is 0 Å². The molecule has 0 aliphatic heterocycles. The minimum atomic E-state index is 0.0560. The zero-order valence-corrected chi connectivity index (χ0v) is 11.4. The topological polar surface area (TPSA) is 49.0 Å². The smallest absolute Gasteiger partial charge is 0.274 e. The van der Waals surface area contributed by atoms with Crippen LogP contribution in [0.2, 0.25) is 0 Å². The van der Waals surface area contributed by atoms with E-state index in [1.54, 1.807) is 0 Å². The van der Waals surface area contributed by atoms with Crippen molar-refractivity contribution >= 4 is 5.91 Å². The third-order valence-electron chi connectivity index (χ3n) is 3.81. The Morgan fingerprint density at radius 1 is 1.44 bits per heavy atom. The first-order chi connectivity index (χ1) is 8.72. The summed E-state index contributed by atoms with van der Waals surface area (Å²) >= 11 is 0. The molecular weight excluding hydrogens is 226 g/mol. The first-order valence-electron chi connectivity index (χ1n) is 7.03. The number of nitrogens with one attached hydrogen (secondary N) is 1. The van der Waals surface area contributed by atoms with Crippen molar-refractivity contribution in [2.45, 2.75) is 57.9 Å². The van der Waals surface area contributed by atoms with Gasteiger partial charge in [-0.3, -0.25) is 9.89 Å². The van der Waals surface area contributed by atoms with Gasteiger partial charge in [-0.2, -0.15) is 5.10 Å². The Morgan fingerprint density at radius 2 is 2.17 bits per heavy atom. The van der Waals surface area contributed by atoms with Crippen LogP contribution in [0.3, 0.4) is 0 Å². The second-order valence-corrected chi connectivity index (χ2v) is 5.24. The van der Waals surface area contributed by atoms with Crippen molar-refractivity contribution in [2.75, 3.05) is 7.05 Å². The van der Waals surface area contributed by atoms with Gasteiger partial charge >= 0.3 is 0 Å². The quantitative estimate of drug-likeness (QED) is 0.892. The molecule has 100 valence electrons. The van der Waals surface area contributed by atoms with Gasteiger partial charge in [-0.1, -0.05) is 32.6 Å². The summed E-state index contributed by atoms with van der Waals surface area (Å²) < 4.78 is 0. The number of carbonyl (C=O) groups excluding carboxylic acids is 1. The number of hydrogen-bond acceptors (Lipinski definition) is 2. The van der Waals surface area contributed by atoms with Crippen LogP contribution < -0.4 is 0 Å². The van der Waals surface area contributed by atoms with E-state index in [1.165, 1.54) is 19.3 Å². The van der Waals surface area contributed by atoms with Gasteiger partial charge < -0.3 is 4.90 Å². The molecule has 0 radical (unpaired) electrons. The first-order valence-corrected chi connectivity index (χ1v) is 7.03. The summed E-state index contributed by atoms with van der Waals surface area (Å²) in [5, 5.41) is 7.08. The predicted octanol–water partition coefficient (Wildman–Crippen LogP) is 2.77. The van der Waals surface area contributed by atoms with E-state index in [4.69, 9.17) is 0 Å². The van der Waals surface area contributed by atoms with Gasteiger partial charge in [0.1, 0.15) is 5.69 Å². The molecule has 1 amide bonds. The van der Waals surface area contributed by atoms with E-state index in [9.17, 15) is 4.79 Å². The number of amides is 1. The molecule has 1 fully saturated rings. The van der Waals surface area contributed by atoms with E-state index in [1.807, 2.05) is 18.0 Å². The van der Waals surface area contributed by atoms with Gasteiger partial charge in [0.15, 0.2) is 0 Å². The number of nitrogens with zero attached hydrogens (tertiary/aromatic N) is 2. The SMILES string of the molecule is CCCc1cc(C(=O)N(C)C2CCCCC2)n[nH]1. The number of H-pyrrole nitrogens is 1. The Morgan fingerprint density at radius 3 is 2.83 bits per heavy atom. The van der Waals surface area contributed by atoms with E-state index in [0.717, 1.165) is 31.4 Å². The van der Waals surface area contributed by atoms with Gasteiger partial charge in [0.25, 0.3) is 5.91 Å². The van der Waals surface area contributed by atoms with Gasteiger partial charge in [-0.15, -0.1) is 0 Å². The van der Waals surface area contributed by atoms with E-state index < -0.39 is 0 Å². The Hall–Kier alpha value is -1.32. The summed E-state index contributed by atoms with van der Waals surface area (Å²) in [5.41, 5.74) is 1.62. The number of hydrogen-bond donors (Lipinski definition) is 1. The fourth-order valence-corrected chi connectivity index (χ4v) is 2.68. The van der Waals surface area contributed by atoms with Crippen molar-refractivity contribution in [1.29, 1.82) is 0 Å². The van der Waals surface area contributed by atoms with Crippen LogP contribution in [0.25, 0.3) is 0 Å². The molecule has 0 saturated heterocycles. The fourth-order valence-electron chi connectivity index (χ4n) is 2.68. The molecule has 1 heterocycles. The highest BCUT2D eigenvalue weighted by Crippen LogP contribution is 2.22. The van der Waals surface area contributed by atoms with Crippen LogP contribution in [0.4, 0.5) is 0 Å². The van der Waals surface area contributed by atoms with E-state index in [-0.39, 0.29) is 5.91 Å². The van der Waals surface area contributed by atoms with Crippen molar-refractivity contribution in [2.24, 2.45) is 0 Å². The number of aromatic nitrogens is 2. The highest BCUT2D eigenvalue weighted by molar-refractivity contribution is 5.92.